The van der Waals surface area contributed by atoms with Crippen LogP contribution in [0, 0.1) is 0 Å². The van der Waals surface area contributed by atoms with Crippen molar-refractivity contribution in [1.82, 2.24) is 24.6 Å². The molecule has 2 aromatic carbocycles. The van der Waals surface area contributed by atoms with Crippen molar-refractivity contribution in [2.45, 2.75) is 25.3 Å². The number of fused-ring (bicyclic) bond motifs is 1. The maximum Gasteiger partial charge on any atom is 0.250 e. The van der Waals surface area contributed by atoms with Gasteiger partial charge in [0.05, 0.1) is 11.4 Å². The first kappa shape index (κ1) is 21.1. The van der Waals surface area contributed by atoms with E-state index in [0.717, 1.165) is 53.1 Å². The lowest BCUT2D eigenvalue weighted by atomic mass is 10.1. The molecule has 6 rings (SSSR count). The second-order valence-corrected chi connectivity index (χ2v) is 8.66. The normalized spacial score (nSPS) is 17.1. The Morgan fingerprint density at radius 3 is 2.60 bits per heavy atom. The lowest BCUT2D eigenvalue weighted by molar-refractivity contribution is -0.123. The van der Waals surface area contributed by atoms with Gasteiger partial charge < -0.3 is 15.4 Å². The number of hydrogen-bond acceptors (Lipinski definition) is 6. The maximum absolute atomic E-state index is 12.3. The smallest absolute Gasteiger partial charge is 0.250 e. The van der Waals surface area contributed by atoms with E-state index in [4.69, 9.17) is 15.6 Å². The highest BCUT2D eigenvalue weighted by Gasteiger charge is 2.37. The lowest BCUT2D eigenvalue weighted by Crippen LogP contribution is -2.25. The van der Waals surface area contributed by atoms with Gasteiger partial charge in [0.15, 0.2) is 5.65 Å². The average molecular weight is 465 g/mol. The van der Waals surface area contributed by atoms with Crippen molar-refractivity contribution in [3.63, 3.8) is 0 Å². The molecule has 0 spiro atoms. The highest BCUT2D eigenvalue weighted by Crippen LogP contribution is 2.45. The molecule has 1 aliphatic heterocycles. The number of carbonyl (C=O) groups excluding carboxylic acids is 1. The van der Waals surface area contributed by atoms with Crippen LogP contribution in [0.4, 0.5) is 5.82 Å². The number of rotatable bonds is 5. The van der Waals surface area contributed by atoms with Gasteiger partial charge in [-0.3, -0.25) is 4.79 Å². The van der Waals surface area contributed by atoms with Crippen molar-refractivity contribution in [1.29, 1.82) is 0 Å². The Kier molecular flexibility index (Phi) is 5.06. The Morgan fingerprint density at radius 1 is 1.06 bits per heavy atom. The number of nitrogens with two attached hydrogens (primary N) is 1. The molecule has 2 N–H and O–H groups in total. The molecule has 35 heavy (non-hydrogen) atoms. The number of benzene rings is 2. The lowest BCUT2D eigenvalue weighted by Gasteiger charge is -2.17. The Morgan fingerprint density at radius 2 is 1.83 bits per heavy atom. The van der Waals surface area contributed by atoms with Gasteiger partial charge >= 0.3 is 0 Å². The topological polar surface area (TPSA) is 99.2 Å². The molecule has 8 heteroatoms. The molecule has 0 fully saturated rings. The zero-order chi connectivity index (χ0) is 23.9. The summed E-state index contributed by atoms with van der Waals surface area (Å²) in [7, 11) is 0. The third-order valence-electron chi connectivity index (χ3n) is 6.72. The molecule has 4 aromatic rings. The molecule has 0 bridgehead atoms. The summed E-state index contributed by atoms with van der Waals surface area (Å²) in [6, 6.07) is 17.5. The zero-order valence-electron chi connectivity index (χ0n) is 19.1. The van der Waals surface area contributed by atoms with Crippen LogP contribution in [-0.4, -0.2) is 37.1 Å². The molecule has 1 atom stereocenters. The Hall–Kier alpha value is -4.46. The first-order valence-corrected chi connectivity index (χ1v) is 11.6. The number of nitrogen functional groups attached to an aromatic ring is 1. The monoisotopic (exact) mass is 464 g/mol. The number of nitrogens with zero attached hydrogens (tertiary/aromatic N) is 5. The SMILES string of the molecule is C=CC(=O)N1CCC2=C1CCC2n1nc(-c2ccc(Oc3ccccc3)cc2)c2c(N)ncnc21. The summed E-state index contributed by atoms with van der Waals surface area (Å²) in [5.41, 5.74) is 11.0. The number of amides is 1. The molecule has 0 radical (unpaired) electrons. The zero-order valence-corrected chi connectivity index (χ0v) is 19.1. The van der Waals surface area contributed by atoms with Crippen LogP contribution in [0.25, 0.3) is 22.3 Å². The predicted octanol–water partition coefficient (Wildman–Crippen LogP) is 4.88. The van der Waals surface area contributed by atoms with Crippen molar-refractivity contribution in [3.05, 3.63) is 84.8 Å². The van der Waals surface area contributed by atoms with E-state index in [2.05, 4.69) is 16.5 Å². The molecular weight excluding hydrogens is 440 g/mol. The molecule has 174 valence electrons. The molecule has 3 heterocycles. The van der Waals surface area contributed by atoms with Gasteiger partial charge in [-0.15, -0.1) is 0 Å². The summed E-state index contributed by atoms with van der Waals surface area (Å²) in [6.07, 6.45) is 5.35. The number of likely N-dealkylation sites (tertiary alicyclic amines) is 1. The number of ether oxygens (including phenoxy) is 1. The molecule has 2 aromatic heterocycles. The minimum atomic E-state index is -0.0500. The summed E-state index contributed by atoms with van der Waals surface area (Å²) in [4.78, 5) is 22.9. The van der Waals surface area contributed by atoms with Crippen LogP contribution in [0.1, 0.15) is 25.3 Å². The minimum Gasteiger partial charge on any atom is -0.457 e. The van der Waals surface area contributed by atoms with E-state index in [9.17, 15) is 4.79 Å². The summed E-state index contributed by atoms with van der Waals surface area (Å²) in [5, 5.41) is 5.73. The van der Waals surface area contributed by atoms with Crippen molar-refractivity contribution >= 4 is 22.8 Å². The fourth-order valence-electron chi connectivity index (χ4n) is 5.13. The van der Waals surface area contributed by atoms with Gasteiger partial charge in [0, 0.05) is 17.8 Å². The van der Waals surface area contributed by atoms with E-state index in [1.807, 2.05) is 64.2 Å². The van der Waals surface area contributed by atoms with Crippen molar-refractivity contribution < 1.29 is 9.53 Å². The van der Waals surface area contributed by atoms with E-state index in [-0.39, 0.29) is 11.9 Å². The molecule has 0 saturated heterocycles. The second kappa shape index (κ2) is 8.39. The van der Waals surface area contributed by atoms with E-state index >= 15 is 0 Å². The van der Waals surface area contributed by atoms with Crippen LogP contribution >= 0.6 is 0 Å². The fraction of sp³-hybridized carbons (Fsp3) is 0.185. The summed E-state index contributed by atoms with van der Waals surface area (Å²) in [5.74, 6) is 1.85. The van der Waals surface area contributed by atoms with Crippen LogP contribution in [0.2, 0.25) is 0 Å². The van der Waals surface area contributed by atoms with Gasteiger partial charge in [-0.05, 0) is 67.3 Å². The molecule has 1 unspecified atom stereocenters. The maximum atomic E-state index is 12.3. The van der Waals surface area contributed by atoms with Crippen LogP contribution in [0.3, 0.4) is 0 Å². The van der Waals surface area contributed by atoms with Gasteiger partial charge in [0.1, 0.15) is 29.3 Å². The standard InChI is InChI=1S/C27H24N6O2/c1-2-23(34)32-15-14-20-21(32)12-13-22(20)33-27-24(26(28)29-16-30-27)25(31-33)17-8-10-19(11-9-17)35-18-6-4-3-5-7-18/h2-11,16,22H,1,12-15H2,(H2,28,29,30). The predicted molar refractivity (Wildman–Crippen MR) is 134 cm³/mol. The van der Waals surface area contributed by atoms with Gasteiger partial charge in [-0.25, -0.2) is 14.6 Å². The first-order chi connectivity index (χ1) is 17.1. The van der Waals surface area contributed by atoms with Crippen molar-refractivity contribution in [2.24, 2.45) is 0 Å². The van der Waals surface area contributed by atoms with E-state index in [1.165, 1.54) is 18.0 Å². The first-order valence-electron chi connectivity index (χ1n) is 11.6. The highest BCUT2D eigenvalue weighted by molar-refractivity contribution is 5.98. The largest absolute Gasteiger partial charge is 0.457 e. The van der Waals surface area contributed by atoms with Gasteiger partial charge in [0.2, 0.25) is 5.91 Å². The van der Waals surface area contributed by atoms with Gasteiger partial charge in [-0.1, -0.05) is 24.8 Å². The summed E-state index contributed by atoms with van der Waals surface area (Å²) >= 11 is 0. The molecule has 1 aliphatic carbocycles. The quantitative estimate of drug-likeness (QED) is 0.423. The number of para-hydroxylation sites is 1. The van der Waals surface area contributed by atoms with Crippen LogP contribution in [0.15, 0.2) is 84.8 Å². The fourth-order valence-corrected chi connectivity index (χ4v) is 5.13. The molecule has 8 nitrogen and oxygen atoms in total. The van der Waals surface area contributed by atoms with Crippen LogP contribution in [-0.2, 0) is 4.79 Å². The minimum absolute atomic E-state index is 0.0267. The number of anilines is 1. The van der Waals surface area contributed by atoms with Crippen LogP contribution in [0.5, 0.6) is 11.5 Å². The number of carbonyl (C=O) groups is 1. The summed E-state index contributed by atoms with van der Waals surface area (Å²) < 4.78 is 7.89. The molecule has 2 aliphatic rings. The van der Waals surface area contributed by atoms with Crippen molar-refractivity contribution in [2.75, 3.05) is 12.3 Å². The number of aromatic nitrogens is 4. The second-order valence-electron chi connectivity index (χ2n) is 8.66. The Labute approximate surface area is 202 Å². The third-order valence-corrected chi connectivity index (χ3v) is 6.72. The highest BCUT2D eigenvalue weighted by atomic mass is 16.5. The third kappa shape index (κ3) is 3.54. The average Bonchev–Trinajstić information content (AvgIpc) is 3.59. The molecule has 0 saturated carbocycles. The Bertz CT molecular complexity index is 1470. The Balaban J connectivity index is 1.38. The summed E-state index contributed by atoms with van der Waals surface area (Å²) in [6.45, 7) is 4.32. The molecule has 1 amide bonds. The van der Waals surface area contributed by atoms with E-state index in [0.29, 0.717) is 18.0 Å². The van der Waals surface area contributed by atoms with E-state index in [1.54, 1.807) is 0 Å². The van der Waals surface area contributed by atoms with Gasteiger partial charge in [-0.2, -0.15) is 5.10 Å². The van der Waals surface area contributed by atoms with E-state index < -0.39 is 0 Å². The van der Waals surface area contributed by atoms with Crippen molar-refractivity contribution in [3.8, 4) is 22.8 Å². The number of allylic oxidation sites excluding steroid dienone is 1. The van der Waals surface area contributed by atoms with Gasteiger partial charge in [0.25, 0.3) is 0 Å². The number of hydrogen-bond donors (Lipinski definition) is 1. The molecular formula is C27H24N6O2. The van der Waals surface area contributed by atoms with Crippen LogP contribution < -0.4 is 10.5 Å².